The first kappa shape index (κ1) is 24.4. The van der Waals surface area contributed by atoms with Gasteiger partial charge in [-0.05, 0) is 48.8 Å². The number of aryl methyl sites for hydroxylation is 1. The van der Waals surface area contributed by atoms with Crippen LogP contribution in [0.25, 0.3) is 0 Å². The number of phenolic OH excluding ortho intramolecular Hbond substituents is 1. The standard InChI is InChI=1S/C24H32N6O5/c1-15-9-10-18(34-15)20(24(2,3)4)26-21-22(30(33)35-27-21)25-17-8-6-7-16(19(17)31)23(32)29-13-11-28(5)12-14-29/h6-10,20,25,31H,11-14H2,1-5H3,(H,26,27)/t20-/m0/s1. The number of nitrogens with zero attached hydrogens (tertiary/aromatic N) is 4. The SMILES string of the molecule is Cc1ccc([C@H](Nc2no[n+]([O-])c2Nc2cccc(C(=O)N3CCN(C)CC3)c2O)C(C)(C)C)o1. The quantitative estimate of drug-likeness (QED) is 0.356. The van der Waals surface area contributed by atoms with E-state index in [9.17, 15) is 15.1 Å². The van der Waals surface area contributed by atoms with E-state index in [4.69, 9.17) is 9.05 Å². The number of piperazine rings is 1. The van der Waals surface area contributed by atoms with Crippen LogP contribution < -0.4 is 15.5 Å². The molecule has 11 heteroatoms. The number of aromatic nitrogens is 2. The number of likely N-dealkylation sites (N-methyl/N-ethyl adjacent to an activating group) is 1. The Morgan fingerprint density at radius 3 is 2.54 bits per heavy atom. The van der Waals surface area contributed by atoms with E-state index in [0.717, 1.165) is 18.8 Å². The van der Waals surface area contributed by atoms with Gasteiger partial charge in [0.1, 0.15) is 17.2 Å². The number of aromatic hydroxyl groups is 1. The number of nitrogens with one attached hydrogen (secondary N) is 2. The molecule has 11 nitrogen and oxygen atoms in total. The van der Waals surface area contributed by atoms with Gasteiger partial charge in [0.25, 0.3) is 11.7 Å². The number of carbonyl (C=O) groups is 1. The van der Waals surface area contributed by atoms with Gasteiger partial charge in [0.2, 0.25) is 0 Å². The van der Waals surface area contributed by atoms with Gasteiger partial charge in [-0.3, -0.25) is 10.1 Å². The van der Waals surface area contributed by atoms with E-state index in [1.807, 2.05) is 46.9 Å². The van der Waals surface area contributed by atoms with Crippen LogP contribution in [-0.2, 0) is 0 Å². The number of carbonyl (C=O) groups excluding carboxylic acids is 1. The number of para-hydroxylation sites is 1. The fourth-order valence-corrected chi connectivity index (χ4v) is 4.03. The normalized spacial score (nSPS) is 15.7. The van der Waals surface area contributed by atoms with Crippen molar-refractivity contribution in [3.63, 3.8) is 0 Å². The van der Waals surface area contributed by atoms with Gasteiger partial charge in [0.05, 0.1) is 11.6 Å². The van der Waals surface area contributed by atoms with Crippen molar-refractivity contribution in [3.8, 4) is 5.75 Å². The summed E-state index contributed by atoms with van der Waals surface area (Å²) >= 11 is 0. The first-order valence-corrected chi connectivity index (χ1v) is 11.5. The summed E-state index contributed by atoms with van der Waals surface area (Å²) in [6.07, 6.45) is 0. The molecule has 35 heavy (non-hydrogen) atoms. The molecule has 1 aliphatic heterocycles. The average Bonchev–Trinajstić information content (AvgIpc) is 3.38. The lowest BCUT2D eigenvalue weighted by molar-refractivity contribution is -0.790. The monoisotopic (exact) mass is 484 g/mol. The molecule has 2 aromatic heterocycles. The molecule has 0 radical (unpaired) electrons. The van der Waals surface area contributed by atoms with Crippen molar-refractivity contribution in [1.82, 2.24) is 15.0 Å². The third kappa shape index (κ3) is 5.19. The predicted octanol–water partition coefficient (Wildman–Crippen LogP) is 3.25. The Morgan fingerprint density at radius 2 is 1.91 bits per heavy atom. The zero-order chi connectivity index (χ0) is 25.3. The highest BCUT2D eigenvalue weighted by molar-refractivity contribution is 5.99. The number of phenols is 1. The summed E-state index contributed by atoms with van der Waals surface area (Å²) in [6.45, 7) is 10.6. The number of furan rings is 1. The topological polar surface area (TPSA) is 134 Å². The molecule has 0 aliphatic carbocycles. The van der Waals surface area contributed by atoms with Crippen LogP contribution in [0.2, 0.25) is 0 Å². The first-order chi connectivity index (χ1) is 16.5. The molecule has 1 aromatic carbocycles. The van der Waals surface area contributed by atoms with Gasteiger partial charge in [-0.1, -0.05) is 31.7 Å². The number of benzene rings is 1. The summed E-state index contributed by atoms with van der Waals surface area (Å²) < 4.78 is 10.7. The third-order valence-corrected chi connectivity index (χ3v) is 6.12. The summed E-state index contributed by atoms with van der Waals surface area (Å²) in [5.41, 5.74) is 0.0363. The Hall–Kier alpha value is -3.73. The van der Waals surface area contributed by atoms with Crippen LogP contribution >= 0.6 is 0 Å². The molecule has 1 amide bonds. The molecular formula is C24H32N6O5. The molecule has 3 aromatic rings. The van der Waals surface area contributed by atoms with E-state index in [-0.39, 0.29) is 50.9 Å². The van der Waals surface area contributed by atoms with E-state index in [2.05, 4.69) is 20.7 Å². The molecule has 188 valence electrons. The van der Waals surface area contributed by atoms with E-state index in [1.165, 1.54) is 0 Å². The van der Waals surface area contributed by atoms with Gasteiger partial charge in [-0.25, -0.2) is 0 Å². The maximum atomic E-state index is 13.0. The zero-order valence-electron chi connectivity index (χ0n) is 20.7. The molecule has 3 N–H and O–H groups in total. The summed E-state index contributed by atoms with van der Waals surface area (Å²) in [7, 11) is 2.00. The number of rotatable bonds is 6. The molecule has 1 fully saturated rings. The van der Waals surface area contributed by atoms with Crippen molar-refractivity contribution in [2.45, 2.75) is 33.7 Å². The van der Waals surface area contributed by atoms with Crippen molar-refractivity contribution < 1.29 is 23.9 Å². The van der Waals surface area contributed by atoms with Gasteiger partial charge >= 0.3 is 5.82 Å². The molecule has 1 saturated heterocycles. The van der Waals surface area contributed by atoms with Crippen LogP contribution in [0, 0.1) is 17.5 Å². The van der Waals surface area contributed by atoms with Crippen LogP contribution in [0.3, 0.4) is 0 Å². The minimum absolute atomic E-state index is 0.0537. The Bertz CT molecular complexity index is 1190. The van der Waals surface area contributed by atoms with Crippen molar-refractivity contribution in [2.75, 3.05) is 43.9 Å². The van der Waals surface area contributed by atoms with E-state index >= 15 is 0 Å². The maximum absolute atomic E-state index is 13.0. The Kier molecular flexibility index (Phi) is 6.62. The van der Waals surface area contributed by atoms with E-state index < -0.39 is 0 Å². The van der Waals surface area contributed by atoms with E-state index in [0.29, 0.717) is 18.8 Å². The van der Waals surface area contributed by atoms with Gasteiger partial charge in [-0.15, -0.1) is 0 Å². The minimum atomic E-state index is -0.333. The van der Waals surface area contributed by atoms with Gasteiger partial charge < -0.3 is 34.5 Å². The molecule has 1 aliphatic rings. The number of hydrogen-bond acceptors (Lipinski definition) is 9. The lowest BCUT2D eigenvalue weighted by Crippen LogP contribution is -2.47. The highest BCUT2D eigenvalue weighted by Gasteiger charge is 2.33. The van der Waals surface area contributed by atoms with Gasteiger partial charge in [-0.2, -0.15) is 0 Å². The predicted molar refractivity (Wildman–Crippen MR) is 130 cm³/mol. The van der Waals surface area contributed by atoms with Crippen LogP contribution in [0.4, 0.5) is 17.3 Å². The molecule has 0 unspecified atom stereocenters. The van der Waals surface area contributed by atoms with Crippen molar-refractivity contribution in [1.29, 1.82) is 0 Å². The molecule has 1 atom stereocenters. The van der Waals surface area contributed by atoms with Gasteiger partial charge in [0.15, 0.2) is 5.75 Å². The molecule has 0 bridgehead atoms. The molecule has 0 saturated carbocycles. The summed E-state index contributed by atoms with van der Waals surface area (Å²) in [6, 6.07) is 8.19. The van der Waals surface area contributed by atoms with Crippen LogP contribution in [0.15, 0.2) is 39.4 Å². The Labute approximate surface area is 203 Å². The fourth-order valence-electron chi connectivity index (χ4n) is 4.03. The Morgan fingerprint density at radius 1 is 1.20 bits per heavy atom. The van der Waals surface area contributed by atoms with Crippen molar-refractivity contribution in [2.24, 2.45) is 5.41 Å². The second-order valence-electron chi connectivity index (χ2n) is 9.94. The smallest absolute Gasteiger partial charge is 0.324 e. The second-order valence-corrected chi connectivity index (χ2v) is 9.94. The third-order valence-electron chi connectivity index (χ3n) is 6.12. The lowest BCUT2D eigenvalue weighted by atomic mass is 9.85. The summed E-state index contributed by atoms with van der Waals surface area (Å²) in [5, 5.41) is 33.3. The van der Waals surface area contributed by atoms with Crippen LogP contribution in [-0.4, -0.2) is 59.2 Å². The largest absolute Gasteiger partial charge is 0.504 e. The van der Waals surface area contributed by atoms with Gasteiger partial charge in [0, 0.05) is 26.2 Å². The second kappa shape index (κ2) is 9.49. The number of amides is 1. The maximum Gasteiger partial charge on any atom is 0.324 e. The minimum Gasteiger partial charge on any atom is -0.504 e. The number of anilines is 3. The van der Waals surface area contributed by atoms with Crippen LogP contribution in [0.5, 0.6) is 5.75 Å². The highest BCUT2D eigenvalue weighted by atomic mass is 16.8. The average molecular weight is 485 g/mol. The molecule has 4 rings (SSSR count). The molecule has 0 spiro atoms. The molecular weight excluding hydrogens is 452 g/mol. The van der Waals surface area contributed by atoms with Crippen molar-refractivity contribution in [3.05, 3.63) is 52.6 Å². The van der Waals surface area contributed by atoms with E-state index in [1.54, 1.807) is 23.1 Å². The summed E-state index contributed by atoms with van der Waals surface area (Å²) in [4.78, 5) is 17.1. The van der Waals surface area contributed by atoms with Crippen molar-refractivity contribution >= 4 is 23.2 Å². The Balaban J connectivity index is 1.60. The lowest BCUT2D eigenvalue weighted by Gasteiger charge is -2.32. The fraction of sp³-hybridized carbons (Fsp3) is 0.458. The number of hydrogen-bond donors (Lipinski definition) is 3. The molecule has 3 heterocycles. The van der Waals surface area contributed by atoms with Crippen LogP contribution in [0.1, 0.15) is 48.7 Å². The first-order valence-electron chi connectivity index (χ1n) is 11.5. The highest BCUT2D eigenvalue weighted by Crippen LogP contribution is 2.38. The zero-order valence-corrected chi connectivity index (χ0v) is 20.7. The summed E-state index contributed by atoms with van der Waals surface area (Å²) in [5.74, 6) is 1.02.